The first kappa shape index (κ1) is 15.1. The van der Waals surface area contributed by atoms with Crippen molar-refractivity contribution < 1.29 is 14.7 Å². The van der Waals surface area contributed by atoms with Gasteiger partial charge in [0.25, 0.3) is 0 Å². The van der Waals surface area contributed by atoms with E-state index in [9.17, 15) is 14.7 Å². The SMILES string of the molecule is CC1=CC(O)CC(C)C(=O)CC(C(C)C)C(=O)C1. The van der Waals surface area contributed by atoms with Crippen LogP contribution in [0.5, 0.6) is 0 Å². The lowest BCUT2D eigenvalue weighted by atomic mass is 9.80. The number of aliphatic hydroxyl groups is 1. The lowest BCUT2D eigenvalue weighted by Gasteiger charge is -2.23. The predicted molar refractivity (Wildman–Crippen MR) is 71.1 cm³/mol. The molecule has 0 saturated carbocycles. The van der Waals surface area contributed by atoms with Crippen LogP contribution in [-0.4, -0.2) is 22.8 Å². The smallest absolute Gasteiger partial charge is 0.140 e. The van der Waals surface area contributed by atoms with Crippen LogP contribution in [0.25, 0.3) is 0 Å². The van der Waals surface area contributed by atoms with Gasteiger partial charge in [0.1, 0.15) is 11.6 Å². The first-order valence-corrected chi connectivity index (χ1v) is 6.72. The fourth-order valence-electron chi connectivity index (χ4n) is 2.49. The van der Waals surface area contributed by atoms with Gasteiger partial charge in [0.2, 0.25) is 0 Å². The number of hydrogen-bond acceptors (Lipinski definition) is 3. The standard InChI is InChI=1S/C15H24O3/c1-9(2)13-8-14(17)11(4)7-12(16)5-10(3)6-15(13)18/h5,9,11-13,16H,6-8H2,1-4H3. The Morgan fingerprint density at radius 2 is 1.89 bits per heavy atom. The minimum absolute atomic E-state index is 0.0917. The summed E-state index contributed by atoms with van der Waals surface area (Å²) >= 11 is 0. The first-order chi connectivity index (χ1) is 8.31. The topological polar surface area (TPSA) is 54.4 Å². The molecule has 1 N–H and O–H groups in total. The number of aliphatic hydroxyl groups excluding tert-OH is 1. The van der Waals surface area contributed by atoms with Gasteiger partial charge in [-0.2, -0.15) is 0 Å². The van der Waals surface area contributed by atoms with Gasteiger partial charge in [-0.1, -0.05) is 32.4 Å². The first-order valence-electron chi connectivity index (χ1n) is 6.72. The molecule has 0 fully saturated rings. The Kier molecular flexibility index (Phi) is 5.27. The summed E-state index contributed by atoms with van der Waals surface area (Å²) < 4.78 is 0. The Hall–Kier alpha value is -0.960. The highest BCUT2D eigenvalue weighted by molar-refractivity contribution is 5.90. The molecule has 3 unspecified atom stereocenters. The highest BCUT2D eigenvalue weighted by Crippen LogP contribution is 2.25. The second-order valence-corrected chi connectivity index (χ2v) is 5.88. The van der Waals surface area contributed by atoms with Gasteiger partial charge in [-0.3, -0.25) is 9.59 Å². The molecule has 0 radical (unpaired) electrons. The van der Waals surface area contributed by atoms with E-state index in [-0.39, 0.29) is 29.3 Å². The number of carbonyl (C=O) groups is 2. The summed E-state index contributed by atoms with van der Waals surface area (Å²) in [6.45, 7) is 7.67. The van der Waals surface area contributed by atoms with Crippen molar-refractivity contribution in [3.8, 4) is 0 Å². The monoisotopic (exact) mass is 252 g/mol. The Labute approximate surface area is 109 Å². The second-order valence-electron chi connectivity index (χ2n) is 5.88. The van der Waals surface area contributed by atoms with Crippen LogP contribution in [0, 0.1) is 17.8 Å². The molecule has 102 valence electrons. The Bertz CT molecular complexity index is 355. The number of ketones is 2. The minimum Gasteiger partial charge on any atom is -0.389 e. The molecule has 3 atom stereocenters. The van der Waals surface area contributed by atoms with Crippen LogP contribution >= 0.6 is 0 Å². The van der Waals surface area contributed by atoms with Crippen LogP contribution in [0.15, 0.2) is 11.6 Å². The van der Waals surface area contributed by atoms with E-state index in [1.165, 1.54) is 0 Å². The predicted octanol–water partition coefficient (Wildman–Crippen LogP) is 2.52. The van der Waals surface area contributed by atoms with Crippen molar-refractivity contribution in [2.45, 2.75) is 53.1 Å². The van der Waals surface area contributed by atoms with E-state index < -0.39 is 6.10 Å². The third-order valence-electron chi connectivity index (χ3n) is 3.71. The third-order valence-corrected chi connectivity index (χ3v) is 3.71. The summed E-state index contributed by atoms with van der Waals surface area (Å²) in [7, 11) is 0. The fraction of sp³-hybridized carbons (Fsp3) is 0.733. The van der Waals surface area contributed by atoms with E-state index >= 15 is 0 Å². The van der Waals surface area contributed by atoms with Gasteiger partial charge < -0.3 is 5.11 Å². The minimum atomic E-state index is -0.618. The maximum atomic E-state index is 12.2. The second kappa shape index (κ2) is 6.28. The number of carbonyl (C=O) groups excluding carboxylic acids is 2. The van der Waals surface area contributed by atoms with Crippen LogP contribution in [0.1, 0.15) is 47.0 Å². The van der Waals surface area contributed by atoms with Crippen molar-refractivity contribution in [1.82, 2.24) is 0 Å². The number of hydrogen-bond donors (Lipinski definition) is 1. The average Bonchev–Trinajstić information content (AvgIpc) is 2.22. The molecule has 3 heteroatoms. The molecule has 0 bridgehead atoms. The maximum Gasteiger partial charge on any atom is 0.140 e. The van der Waals surface area contributed by atoms with E-state index in [1.54, 1.807) is 6.08 Å². The number of rotatable bonds is 1. The van der Waals surface area contributed by atoms with Crippen LogP contribution in [0.4, 0.5) is 0 Å². The van der Waals surface area contributed by atoms with Crippen LogP contribution < -0.4 is 0 Å². The summed E-state index contributed by atoms with van der Waals surface area (Å²) in [6.07, 6.45) is 2.21. The molecular weight excluding hydrogens is 228 g/mol. The Morgan fingerprint density at radius 3 is 2.44 bits per heavy atom. The number of allylic oxidation sites excluding steroid dienone is 1. The Balaban J connectivity index is 2.98. The van der Waals surface area contributed by atoms with Gasteiger partial charge in [0, 0.05) is 24.7 Å². The molecule has 0 heterocycles. The van der Waals surface area contributed by atoms with Gasteiger partial charge in [-0.25, -0.2) is 0 Å². The van der Waals surface area contributed by atoms with E-state index in [1.807, 2.05) is 27.7 Å². The van der Waals surface area contributed by atoms with Gasteiger partial charge in [-0.05, 0) is 19.3 Å². The van der Waals surface area contributed by atoms with Crippen molar-refractivity contribution in [2.24, 2.45) is 17.8 Å². The number of Topliss-reactive ketones (excluding diaryl/α,β-unsaturated/α-hetero) is 2. The molecule has 0 aliphatic heterocycles. The molecule has 0 aromatic carbocycles. The zero-order chi connectivity index (χ0) is 13.9. The highest BCUT2D eigenvalue weighted by Gasteiger charge is 2.28. The van der Waals surface area contributed by atoms with E-state index in [2.05, 4.69) is 0 Å². The van der Waals surface area contributed by atoms with Crippen molar-refractivity contribution in [3.05, 3.63) is 11.6 Å². The fourth-order valence-corrected chi connectivity index (χ4v) is 2.49. The molecule has 1 rings (SSSR count). The Morgan fingerprint density at radius 1 is 1.28 bits per heavy atom. The lowest BCUT2D eigenvalue weighted by Crippen LogP contribution is -2.28. The summed E-state index contributed by atoms with van der Waals surface area (Å²) in [6, 6.07) is 0. The van der Waals surface area contributed by atoms with E-state index in [0.717, 1.165) is 5.57 Å². The summed E-state index contributed by atoms with van der Waals surface area (Å²) in [4.78, 5) is 24.2. The largest absolute Gasteiger partial charge is 0.389 e. The van der Waals surface area contributed by atoms with Crippen molar-refractivity contribution in [2.75, 3.05) is 0 Å². The molecule has 0 aromatic heterocycles. The van der Waals surface area contributed by atoms with Crippen molar-refractivity contribution in [1.29, 1.82) is 0 Å². The van der Waals surface area contributed by atoms with Gasteiger partial charge in [0.15, 0.2) is 0 Å². The molecular formula is C15H24O3. The maximum absolute atomic E-state index is 12.2. The van der Waals surface area contributed by atoms with Crippen LogP contribution in [0.2, 0.25) is 0 Å². The molecule has 18 heavy (non-hydrogen) atoms. The summed E-state index contributed by atoms with van der Waals surface area (Å²) in [5.74, 6) is 0.0306. The van der Waals surface area contributed by atoms with Crippen LogP contribution in [-0.2, 0) is 9.59 Å². The third kappa shape index (κ3) is 4.05. The van der Waals surface area contributed by atoms with Crippen molar-refractivity contribution >= 4 is 11.6 Å². The summed E-state index contributed by atoms with van der Waals surface area (Å²) in [5.41, 5.74) is 0.902. The van der Waals surface area contributed by atoms with Crippen molar-refractivity contribution in [3.63, 3.8) is 0 Å². The zero-order valence-electron chi connectivity index (χ0n) is 11.8. The highest BCUT2D eigenvalue weighted by atomic mass is 16.3. The molecule has 1 aliphatic carbocycles. The van der Waals surface area contributed by atoms with Crippen LogP contribution in [0.3, 0.4) is 0 Å². The van der Waals surface area contributed by atoms with E-state index in [4.69, 9.17) is 0 Å². The van der Waals surface area contributed by atoms with Gasteiger partial charge in [0.05, 0.1) is 6.10 Å². The normalized spacial score (nSPS) is 31.4. The van der Waals surface area contributed by atoms with E-state index in [0.29, 0.717) is 19.3 Å². The average molecular weight is 252 g/mol. The summed E-state index contributed by atoms with van der Waals surface area (Å²) in [5, 5.41) is 9.81. The zero-order valence-corrected chi connectivity index (χ0v) is 11.8. The molecule has 0 spiro atoms. The lowest BCUT2D eigenvalue weighted by molar-refractivity contribution is -0.131. The van der Waals surface area contributed by atoms with Gasteiger partial charge >= 0.3 is 0 Å². The molecule has 0 saturated heterocycles. The molecule has 3 nitrogen and oxygen atoms in total. The molecule has 0 aromatic rings. The van der Waals surface area contributed by atoms with Gasteiger partial charge in [-0.15, -0.1) is 0 Å². The molecule has 0 amide bonds. The molecule has 1 aliphatic rings. The quantitative estimate of drug-likeness (QED) is 0.730.